The average molecular weight is 387 g/mol. The molecule has 2 aromatic rings. The quantitative estimate of drug-likeness (QED) is 0.808. The number of aromatic nitrogens is 2. The van der Waals surface area contributed by atoms with Crippen molar-refractivity contribution in [2.24, 2.45) is 18.9 Å². The predicted molar refractivity (Wildman–Crippen MR) is 107 cm³/mol. The summed E-state index contributed by atoms with van der Waals surface area (Å²) in [5.41, 5.74) is 2.01. The van der Waals surface area contributed by atoms with E-state index in [0.717, 1.165) is 49.3 Å². The van der Waals surface area contributed by atoms with Gasteiger partial charge in [0.15, 0.2) is 0 Å². The summed E-state index contributed by atoms with van der Waals surface area (Å²) in [4.78, 5) is 17.2. The summed E-state index contributed by atoms with van der Waals surface area (Å²) in [6.07, 6.45) is 5.19. The molecule has 2 fully saturated rings. The number of carbonyl (C=O) groups excluding carboxylic acids is 1. The Morgan fingerprint density at radius 3 is 2.44 bits per heavy atom. The zero-order chi connectivity index (χ0) is 18.8. The molecule has 0 saturated carbocycles. The van der Waals surface area contributed by atoms with E-state index in [0.29, 0.717) is 5.69 Å². The molecular formula is C21H27ClN4O. The van der Waals surface area contributed by atoms with Crippen molar-refractivity contribution in [2.45, 2.75) is 25.8 Å². The zero-order valence-corrected chi connectivity index (χ0v) is 16.6. The van der Waals surface area contributed by atoms with Crippen LogP contribution in [0.3, 0.4) is 0 Å². The summed E-state index contributed by atoms with van der Waals surface area (Å²) < 4.78 is 1.67. The summed E-state index contributed by atoms with van der Waals surface area (Å²) in [5.74, 6) is 1.60. The molecule has 5 nitrogen and oxygen atoms in total. The minimum absolute atomic E-state index is 0.115. The standard InChI is InChI=1S/C21H27ClN4O/c1-24-20(6-10-23-24)21(27)26-12-8-17(9-13-26)18-7-11-25(15-18)14-16-2-4-19(22)5-3-16/h2-6,10,17-18H,7-9,11-15H2,1H3/t18-/m0/s1. The molecule has 2 saturated heterocycles. The molecule has 144 valence electrons. The van der Waals surface area contributed by atoms with Crippen molar-refractivity contribution in [3.8, 4) is 0 Å². The van der Waals surface area contributed by atoms with Crippen LogP contribution in [0.25, 0.3) is 0 Å². The Labute approximate surface area is 165 Å². The fourth-order valence-corrected chi connectivity index (χ4v) is 4.68. The lowest BCUT2D eigenvalue weighted by molar-refractivity contribution is 0.0648. The van der Waals surface area contributed by atoms with Gasteiger partial charge in [-0.05, 0) is 61.4 Å². The second-order valence-corrected chi connectivity index (χ2v) is 8.32. The molecule has 3 heterocycles. The largest absolute Gasteiger partial charge is 0.337 e. The van der Waals surface area contributed by atoms with E-state index in [2.05, 4.69) is 22.1 Å². The fraction of sp³-hybridized carbons (Fsp3) is 0.524. The van der Waals surface area contributed by atoms with E-state index < -0.39 is 0 Å². The van der Waals surface area contributed by atoms with E-state index in [9.17, 15) is 4.79 Å². The number of aryl methyl sites for hydroxylation is 1. The normalized spacial score (nSPS) is 21.7. The second kappa shape index (κ2) is 8.03. The minimum Gasteiger partial charge on any atom is -0.337 e. The van der Waals surface area contributed by atoms with Crippen molar-refractivity contribution in [2.75, 3.05) is 26.2 Å². The Balaban J connectivity index is 1.27. The number of piperidine rings is 1. The van der Waals surface area contributed by atoms with Gasteiger partial charge in [0, 0.05) is 44.4 Å². The number of halogens is 1. The Morgan fingerprint density at radius 1 is 1.07 bits per heavy atom. The maximum Gasteiger partial charge on any atom is 0.272 e. The second-order valence-electron chi connectivity index (χ2n) is 7.88. The van der Waals surface area contributed by atoms with Gasteiger partial charge in [0.2, 0.25) is 0 Å². The van der Waals surface area contributed by atoms with Crippen LogP contribution in [0.4, 0.5) is 0 Å². The highest BCUT2D eigenvalue weighted by Gasteiger charge is 2.33. The minimum atomic E-state index is 0.115. The highest BCUT2D eigenvalue weighted by Crippen LogP contribution is 2.32. The maximum absolute atomic E-state index is 12.6. The van der Waals surface area contributed by atoms with E-state index in [-0.39, 0.29) is 5.91 Å². The summed E-state index contributed by atoms with van der Waals surface area (Å²) >= 11 is 5.98. The average Bonchev–Trinajstić information content (AvgIpc) is 3.32. The van der Waals surface area contributed by atoms with Crippen LogP contribution in [0, 0.1) is 11.8 Å². The Hall–Kier alpha value is -1.85. The molecule has 0 N–H and O–H groups in total. The Bertz CT molecular complexity index is 780. The fourth-order valence-electron chi connectivity index (χ4n) is 4.56. The summed E-state index contributed by atoms with van der Waals surface area (Å²) in [5, 5.41) is 4.91. The number of nitrogens with zero attached hydrogens (tertiary/aromatic N) is 4. The lowest BCUT2D eigenvalue weighted by Gasteiger charge is -2.35. The number of carbonyl (C=O) groups is 1. The Morgan fingerprint density at radius 2 is 1.78 bits per heavy atom. The number of hydrogen-bond donors (Lipinski definition) is 0. The number of likely N-dealkylation sites (tertiary alicyclic amines) is 2. The number of rotatable bonds is 4. The number of hydrogen-bond acceptors (Lipinski definition) is 3. The molecule has 0 bridgehead atoms. The maximum atomic E-state index is 12.6. The molecule has 6 heteroatoms. The van der Waals surface area contributed by atoms with E-state index in [4.69, 9.17) is 11.6 Å². The highest BCUT2D eigenvalue weighted by atomic mass is 35.5. The van der Waals surface area contributed by atoms with E-state index in [1.807, 2.05) is 24.1 Å². The van der Waals surface area contributed by atoms with Crippen LogP contribution in [0.1, 0.15) is 35.3 Å². The van der Waals surface area contributed by atoms with Crippen molar-refractivity contribution in [3.05, 3.63) is 52.8 Å². The van der Waals surface area contributed by atoms with Gasteiger partial charge < -0.3 is 4.90 Å². The SMILES string of the molecule is Cn1nccc1C(=O)N1CCC([C@H]2CCN(Cc3ccc(Cl)cc3)C2)CC1. The lowest BCUT2D eigenvalue weighted by atomic mass is 9.83. The highest BCUT2D eigenvalue weighted by molar-refractivity contribution is 6.30. The molecule has 1 aromatic heterocycles. The van der Waals surface area contributed by atoms with Gasteiger partial charge in [0.25, 0.3) is 5.91 Å². The monoisotopic (exact) mass is 386 g/mol. The molecule has 4 rings (SSSR count). The third-order valence-electron chi connectivity index (χ3n) is 6.16. The molecule has 1 aromatic carbocycles. The van der Waals surface area contributed by atoms with Crippen molar-refractivity contribution >= 4 is 17.5 Å². The molecule has 0 unspecified atom stereocenters. The van der Waals surface area contributed by atoms with Gasteiger partial charge in [-0.1, -0.05) is 23.7 Å². The van der Waals surface area contributed by atoms with Crippen molar-refractivity contribution in [3.63, 3.8) is 0 Å². The van der Waals surface area contributed by atoms with E-state index in [1.165, 1.54) is 25.1 Å². The number of amides is 1. The first-order valence-corrected chi connectivity index (χ1v) is 10.2. The first kappa shape index (κ1) is 18.5. The molecule has 1 atom stereocenters. The van der Waals surface area contributed by atoms with E-state index >= 15 is 0 Å². The predicted octanol–water partition coefficient (Wildman–Crippen LogP) is 3.45. The topological polar surface area (TPSA) is 41.4 Å². The van der Waals surface area contributed by atoms with Gasteiger partial charge in [0.1, 0.15) is 5.69 Å². The molecule has 2 aliphatic heterocycles. The van der Waals surface area contributed by atoms with Crippen molar-refractivity contribution in [1.82, 2.24) is 19.6 Å². The van der Waals surface area contributed by atoms with Crippen LogP contribution in [-0.2, 0) is 13.6 Å². The lowest BCUT2D eigenvalue weighted by Crippen LogP contribution is -2.41. The van der Waals surface area contributed by atoms with Gasteiger partial charge >= 0.3 is 0 Å². The van der Waals surface area contributed by atoms with Gasteiger partial charge in [-0.15, -0.1) is 0 Å². The first-order valence-electron chi connectivity index (χ1n) is 9.84. The first-order chi connectivity index (χ1) is 13.1. The van der Waals surface area contributed by atoms with Crippen molar-refractivity contribution < 1.29 is 4.79 Å². The molecule has 0 radical (unpaired) electrons. The molecule has 27 heavy (non-hydrogen) atoms. The third kappa shape index (κ3) is 4.19. The zero-order valence-electron chi connectivity index (χ0n) is 15.9. The molecule has 2 aliphatic rings. The summed E-state index contributed by atoms with van der Waals surface area (Å²) in [7, 11) is 1.83. The summed E-state index contributed by atoms with van der Waals surface area (Å²) in [6.45, 7) is 5.07. The summed E-state index contributed by atoms with van der Waals surface area (Å²) in [6, 6.07) is 10.00. The van der Waals surface area contributed by atoms with Crippen LogP contribution in [0.5, 0.6) is 0 Å². The third-order valence-corrected chi connectivity index (χ3v) is 6.41. The van der Waals surface area contributed by atoms with E-state index in [1.54, 1.807) is 16.9 Å². The molecule has 1 amide bonds. The molecule has 0 spiro atoms. The van der Waals surface area contributed by atoms with Crippen LogP contribution in [0.15, 0.2) is 36.5 Å². The smallest absolute Gasteiger partial charge is 0.272 e. The Kier molecular flexibility index (Phi) is 5.50. The van der Waals surface area contributed by atoms with Crippen LogP contribution >= 0.6 is 11.6 Å². The van der Waals surface area contributed by atoms with Crippen LogP contribution in [-0.4, -0.2) is 51.7 Å². The van der Waals surface area contributed by atoms with Gasteiger partial charge in [-0.25, -0.2) is 0 Å². The van der Waals surface area contributed by atoms with Crippen LogP contribution in [0.2, 0.25) is 5.02 Å². The molecule has 0 aliphatic carbocycles. The number of benzene rings is 1. The van der Waals surface area contributed by atoms with Gasteiger partial charge in [0.05, 0.1) is 0 Å². The van der Waals surface area contributed by atoms with Gasteiger partial charge in [-0.2, -0.15) is 5.10 Å². The molecular weight excluding hydrogens is 360 g/mol. The van der Waals surface area contributed by atoms with Gasteiger partial charge in [-0.3, -0.25) is 14.4 Å². The van der Waals surface area contributed by atoms with Crippen LogP contribution < -0.4 is 0 Å². The van der Waals surface area contributed by atoms with Crippen molar-refractivity contribution in [1.29, 1.82) is 0 Å².